The highest BCUT2D eigenvalue weighted by atomic mass is 127. The molecule has 0 aliphatic carbocycles. The van der Waals surface area contributed by atoms with Gasteiger partial charge in [0.25, 0.3) is 5.91 Å². The first-order valence-corrected chi connectivity index (χ1v) is 7.39. The molecule has 5 atom stereocenters. The summed E-state index contributed by atoms with van der Waals surface area (Å²) in [6, 6.07) is 6.88. The fraction of sp³-hybridized carbons (Fsp3) is 0.462. The zero-order valence-electron chi connectivity index (χ0n) is 10.9. The Morgan fingerprint density at radius 2 is 1.71 bits per heavy atom. The van der Waals surface area contributed by atoms with Gasteiger partial charge in [0.2, 0.25) is 0 Å². The topological polar surface area (TPSA) is 119 Å². The number of carbonyl (C=O) groups excluding carboxylic acids is 1. The number of hydrogen-bond acceptors (Lipinski definition) is 6. The zero-order valence-corrected chi connectivity index (χ0v) is 13.0. The summed E-state index contributed by atoms with van der Waals surface area (Å²) in [4.78, 5) is 11.9. The van der Waals surface area contributed by atoms with Crippen LogP contribution in [0.15, 0.2) is 24.3 Å². The van der Waals surface area contributed by atoms with Crippen LogP contribution in [0.2, 0.25) is 0 Å². The molecule has 1 saturated heterocycles. The van der Waals surface area contributed by atoms with E-state index in [4.69, 9.17) is 4.74 Å². The van der Waals surface area contributed by atoms with E-state index < -0.39 is 30.7 Å². The Kier molecular flexibility index (Phi) is 5.52. The summed E-state index contributed by atoms with van der Waals surface area (Å²) < 4.78 is 5.96. The quantitative estimate of drug-likeness (QED) is 0.401. The molecule has 116 valence electrons. The van der Waals surface area contributed by atoms with Crippen LogP contribution < -0.4 is 5.32 Å². The predicted octanol–water partition coefficient (Wildman–Crippen LogP) is -1.18. The van der Waals surface area contributed by atoms with Gasteiger partial charge in [-0.3, -0.25) is 4.79 Å². The Morgan fingerprint density at radius 3 is 2.33 bits per heavy atom. The normalized spacial score (nSPS) is 32.7. The van der Waals surface area contributed by atoms with Crippen molar-refractivity contribution in [2.45, 2.75) is 30.7 Å². The minimum atomic E-state index is -1.61. The minimum Gasteiger partial charge on any atom is -0.388 e. The molecule has 0 saturated carbocycles. The Bertz CT molecular complexity index is 496. The molecule has 1 unspecified atom stereocenters. The van der Waals surface area contributed by atoms with E-state index in [9.17, 15) is 25.2 Å². The van der Waals surface area contributed by atoms with E-state index in [1.807, 2.05) is 0 Å². The second-order valence-corrected chi connectivity index (χ2v) is 6.00. The molecule has 1 aliphatic rings. The van der Waals surface area contributed by atoms with Crippen molar-refractivity contribution in [2.24, 2.45) is 0 Å². The monoisotopic (exact) mass is 409 g/mol. The van der Waals surface area contributed by atoms with Crippen molar-refractivity contribution < 1.29 is 30.0 Å². The van der Waals surface area contributed by atoms with Gasteiger partial charge in [-0.1, -0.05) is 0 Å². The van der Waals surface area contributed by atoms with Gasteiger partial charge in [-0.25, -0.2) is 0 Å². The maximum absolute atomic E-state index is 11.9. The predicted molar refractivity (Wildman–Crippen MR) is 80.4 cm³/mol. The van der Waals surface area contributed by atoms with Crippen molar-refractivity contribution in [2.75, 3.05) is 6.54 Å². The smallest absolute Gasteiger partial charge is 0.251 e. The molecule has 5 N–H and O–H groups in total. The van der Waals surface area contributed by atoms with Crippen molar-refractivity contribution in [3.63, 3.8) is 0 Å². The number of aliphatic hydroxyl groups excluding tert-OH is 4. The first kappa shape index (κ1) is 16.6. The Hall–Kier alpha value is -0.780. The third kappa shape index (κ3) is 3.90. The Labute approximate surface area is 134 Å². The number of ether oxygens (including phenoxy) is 1. The molecule has 0 aromatic heterocycles. The van der Waals surface area contributed by atoms with E-state index in [-0.39, 0.29) is 12.5 Å². The average Bonchev–Trinajstić information content (AvgIpc) is 2.48. The van der Waals surface area contributed by atoms with Crippen LogP contribution in [-0.4, -0.2) is 63.6 Å². The Balaban J connectivity index is 1.93. The molecule has 1 heterocycles. The lowest BCUT2D eigenvalue weighted by Gasteiger charge is -2.38. The van der Waals surface area contributed by atoms with E-state index in [0.717, 1.165) is 3.57 Å². The zero-order chi connectivity index (χ0) is 15.6. The highest BCUT2D eigenvalue weighted by Crippen LogP contribution is 2.19. The summed E-state index contributed by atoms with van der Waals surface area (Å²) >= 11 is 2.12. The summed E-state index contributed by atoms with van der Waals surface area (Å²) in [6.45, 7) is -0.104. The van der Waals surface area contributed by atoms with Crippen molar-refractivity contribution in [1.82, 2.24) is 5.32 Å². The van der Waals surface area contributed by atoms with Gasteiger partial charge in [0, 0.05) is 15.7 Å². The van der Waals surface area contributed by atoms with E-state index in [2.05, 4.69) is 27.9 Å². The maximum atomic E-state index is 11.9. The van der Waals surface area contributed by atoms with Crippen LogP contribution >= 0.6 is 22.6 Å². The molecule has 1 aromatic carbocycles. The second-order valence-electron chi connectivity index (χ2n) is 4.75. The van der Waals surface area contributed by atoms with Gasteiger partial charge in [0.1, 0.15) is 24.4 Å². The highest BCUT2D eigenvalue weighted by molar-refractivity contribution is 14.1. The number of rotatable bonds is 3. The van der Waals surface area contributed by atoms with Gasteiger partial charge in [-0.05, 0) is 46.9 Å². The molecule has 21 heavy (non-hydrogen) atoms. The molecule has 0 spiro atoms. The fourth-order valence-electron chi connectivity index (χ4n) is 2.00. The Morgan fingerprint density at radius 1 is 1.10 bits per heavy atom. The summed E-state index contributed by atoms with van der Waals surface area (Å²) in [5.41, 5.74) is 0.446. The third-order valence-electron chi connectivity index (χ3n) is 3.26. The number of amides is 1. The molecular formula is C13H16INO6. The molecule has 1 aliphatic heterocycles. The largest absolute Gasteiger partial charge is 0.388 e. The molecule has 1 fully saturated rings. The van der Waals surface area contributed by atoms with Gasteiger partial charge in [0.05, 0.1) is 0 Å². The van der Waals surface area contributed by atoms with Crippen LogP contribution in [0, 0.1) is 3.57 Å². The number of benzene rings is 1. The molecule has 1 amide bonds. The van der Waals surface area contributed by atoms with Crippen molar-refractivity contribution in [3.05, 3.63) is 33.4 Å². The third-order valence-corrected chi connectivity index (χ3v) is 3.98. The summed E-state index contributed by atoms with van der Waals surface area (Å²) in [5, 5.41) is 40.6. The van der Waals surface area contributed by atoms with E-state index in [0.29, 0.717) is 5.56 Å². The van der Waals surface area contributed by atoms with E-state index >= 15 is 0 Å². The molecule has 0 bridgehead atoms. The molecule has 0 radical (unpaired) electrons. The highest BCUT2D eigenvalue weighted by Gasteiger charge is 2.42. The summed E-state index contributed by atoms with van der Waals surface area (Å²) in [5.74, 6) is -0.364. The number of halogens is 1. The standard InChI is InChI=1S/C13H16INO6/c14-7-3-1-6(2-4-7)12(19)15-5-8-9(16)10(17)11(18)13(20)21-8/h1-4,8-11,13,16-18,20H,5H2,(H,15,19)/t8-,9+,10+,11-,13?/m1/s1. The van der Waals surface area contributed by atoms with Gasteiger partial charge >= 0.3 is 0 Å². The lowest BCUT2D eigenvalue weighted by atomic mass is 9.99. The van der Waals surface area contributed by atoms with Crippen LogP contribution in [0.5, 0.6) is 0 Å². The van der Waals surface area contributed by atoms with Gasteiger partial charge < -0.3 is 30.5 Å². The van der Waals surface area contributed by atoms with Crippen molar-refractivity contribution in [3.8, 4) is 0 Å². The van der Waals surface area contributed by atoms with Crippen LogP contribution in [0.25, 0.3) is 0 Å². The van der Waals surface area contributed by atoms with E-state index in [1.54, 1.807) is 24.3 Å². The minimum absolute atomic E-state index is 0.104. The summed E-state index contributed by atoms with van der Waals surface area (Å²) in [6.07, 6.45) is -7.13. The van der Waals surface area contributed by atoms with Crippen LogP contribution in [0.4, 0.5) is 0 Å². The maximum Gasteiger partial charge on any atom is 0.251 e. The molecule has 2 rings (SSSR count). The molecule has 8 heteroatoms. The van der Waals surface area contributed by atoms with Crippen LogP contribution in [-0.2, 0) is 4.74 Å². The lowest BCUT2D eigenvalue weighted by molar-refractivity contribution is -0.279. The molecular weight excluding hydrogens is 393 g/mol. The van der Waals surface area contributed by atoms with Gasteiger partial charge in [-0.2, -0.15) is 0 Å². The fourth-order valence-corrected chi connectivity index (χ4v) is 2.36. The number of carbonyl (C=O) groups is 1. The number of aliphatic hydroxyl groups is 4. The molecule has 7 nitrogen and oxygen atoms in total. The van der Waals surface area contributed by atoms with Gasteiger partial charge in [0.15, 0.2) is 6.29 Å². The van der Waals surface area contributed by atoms with Crippen molar-refractivity contribution in [1.29, 1.82) is 0 Å². The number of nitrogens with one attached hydrogen (secondary N) is 1. The van der Waals surface area contributed by atoms with Gasteiger partial charge in [-0.15, -0.1) is 0 Å². The van der Waals surface area contributed by atoms with Crippen LogP contribution in [0.1, 0.15) is 10.4 Å². The average molecular weight is 409 g/mol. The first-order valence-electron chi connectivity index (χ1n) is 6.31. The van der Waals surface area contributed by atoms with Crippen molar-refractivity contribution >= 4 is 28.5 Å². The number of hydrogen-bond donors (Lipinski definition) is 5. The molecule has 1 aromatic rings. The second kappa shape index (κ2) is 6.99. The first-order chi connectivity index (χ1) is 9.90. The SMILES string of the molecule is O=C(NC[C@H]1OC(O)[C@H](O)[C@@H](O)[C@H]1O)c1ccc(I)cc1. The van der Waals surface area contributed by atoms with Crippen LogP contribution in [0.3, 0.4) is 0 Å². The lowest BCUT2D eigenvalue weighted by Crippen LogP contribution is -2.59. The van der Waals surface area contributed by atoms with E-state index in [1.165, 1.54) is 0 Å². The summed E-state index contributed by atoms with van der Waals surface area (Å²) in [7, 11) is 0.